The van der Waals surface area contributed by atoms with Crippen molar-refractivity contribution in [3.63, 3.8) is 0 Å². The van der Waals surface area contributed by atoms with E-state index >= 15 is 0 Å². The van der Waals surface area contributed by atoms with Crippen LogP contribution in [0.5, 0.6) is 0 Å². The fourth-order valence-electron chi connectivity index (χ4n) is 4.05. The van der Waals surface area contributed by atoms with E-state index in [1.165, 1.54) is 0 Å². The van der Waals surface area contributed by atoms with Gasteiger partial charge in [-0.05, 0) is 56.9 Å². The third kappa shape index (κ3) is 11.7. The van der Waals surface area contributed by atoms with E-state index in [4.69, 9.17) is 0 Å². The predicted octanol–water partition coefficient (Wildman–Crippen LogP) is 2.51. The highest BCUT2D eigenvalue weighted by molar-refractivity contribution is 6.38. The largest absolute Gasteiger partial charge is 0.349 e. The van der Waals surface area contributed by atoms with Crippen LogP contribution in [0.1, 0.15) is 44.2 Å². The molecule has 206 valence electrons. The van der Waals surface area contributed by atoms with E-state index in [0.29, 0.717) is 25.8 Å². The van der Waals surface area contributed by atoms with Crippen LogP contribution < -0.4 is 16.0 Å². The van der Waals surface area contributed by atoms with Crippen LogP contribution in [-0.4, -0.2) is 67.7 Å². The van der Waals surface area contributed by atoms with Gasteiger partial charge in [-0.25, -0.2) is 0 Å². The number of hydrogen-bond acceptors (Lipinski definition) is 5. The zero-order valence-corrected chi connectivity index (χ0v) is 23.0. The molecule has 0 aliphatic rings. The first kappa shape index (κ1) is 30.7. The molecule has 2 rings (SSSR count). The quantitative estimate of drug-likeness (QED) is 0.232. The van der Waals surface area contributed by atoms with Crippen molar-refractivity contribution < 1.29 is 19.2 Å². The number of nitrogens with one attached hydrogen (secondary N) is 3. The van der Waals surface area contributed by atoms with Crippen LogP contribution in [-0.2, 0) is 32.0 Å². The van der Waals surface area contributed by atoms with Crippen molar-refractivity contribution in [3.8, 4) is 0 Å². The van der Waals surface area contributed by atoms with Crippen molar-refractivity contribution >= 4 is 23.5 Å². The molecule has 0 aliphatic heterocycles. The maximum absolute atomic E-state index is 13.3. The van der Waals surface area contributed by atoms with Gasteiger partial charge in [-0.3, -0.25) is 19.2 Å². The number of amides is 3. The molecule has 0 unspecified atom stereocenters. The predicted molar refractivity (Wildman–Crippen MR) is 149 cm³/mol. The average Bonchev–Trinajstić information content (AvgIpc) is 2.89. The first-order valence-electron chi connectivity index (χ1n) is 13.3. The van der Waals surface area contributed by atoms with Crippen molar-refractivity contribution in [2.75, 3.05) is 27.2 Å². The number of ketones is 1. The molecule has 0 saturated carbocycles. The number of carbonyl (C=O) groups excluding carboxylic acids is 4. The Bertz CT molecular complexity index is 1030. The van der Waals surface area contributed by atoms with Crippen LogP contribution in [0.3, 0.4) is 0 Å². The minimum atomic E-state index is -1.05. The van der Waals surface area contributed by atoms with Gasteiger partial charge in [0.15, 0.2) is 0 Å². The van der Waals surface area contributed by atoms with Crippen LogP contribution in [0.2, 0.25) is 0 Å². The SMILES string of the molecule is CC(C)C[C@H](NC(=O)CCc1ccccc1)C(=O)N[C@@H](Cc1ccccc1)C(=O)C(=O)NCCCN(C)C. The van der Waals surface area contributed by atoms with Gasteiger partial charge in [0, 0.05) is 19.4 Å². The molecule has 0 bridgehead atoms. The minimum Gasteiger partial charge on any atom is -0.349 e. The highest BCUT2D eigenvalue weighted by atomic mass is 16.2. The van der Waals surface area contributed by atoms with E-state index in [0.717, 1.165) is 17.7 Å². The number of aryl methyl sites for hydroxylation is 1. The molecular formula is C30H42N4O4. The molecule has 2 aromatic rings. The lowest BCUT2D eigenvalue weighted by Gasteiger charge is -2.24. The summed E-state index contributed by atoms with van der Waals surface area (Å²) in [6, 6.07) is 17.1. The lowest BCUT2D eigenvalue weighted by Crippen LogP contribution is -2.55. The van der Waals surface area contributed by atoms with Gasteiger partial charge in [0.2, 0.25) is 17.6 Å². The van der Waals surface area contributed by atoms with Gasteiger partial charge >= 0.3 is 0 Å². The van der Waals surface area contributed by atoms with E-state index in [1.54, 1.807) is 0 Å². The van der Waals surface area contributed by atoms with Crippen LogP contribution in [0.25, 0.3) is 0 Å². The molecule has 0 saturated heterocycles. The fraction of sp³-hybridized carbons (Fsp3) is 0.467. The maximum Gasteiger partial charge on any atom is 0.289 e. The lowest BCUT2D eigenvalue weighted by molar-refractivity contribution is -0.140. The highest BCUT2D eigenvalue weighted by Gasteiger charge is 2.30. The molecule has 0 heterocycles. The molecule has 0 radical (unpaired) electrons. The standard InChI is InChI=1S/C30H42N4O4/c1-22(2)20-26(32-27(35)17-16-23-12-7-5-8-13-23)29(37)33-25(21-24-14-9-6-10-15-24)28(36)30(38)31-18-11-19-34(3)4/h5-10,12-15,22,25-26H,11,16-21H2,1-4H3,(H,31,38)(H,32,35)(H,33,37)/t25-,26-/m0/s1. The number of Topliss-reactive ketones (excluding diaryl/α,β-unsaturated/α-hetero) is 1. The van der Waals surface area contributed by atoms with Gasteiger partial charge in [0.25, 0.3) is 5.91 Å². The molecule has 3 N–H and O–H groups in total. The molecule has 2 aromatic carbocycles. The zero-order chi connectivity index (χ0) is 27.9. The average molecular weight is 523 g/mol. The Kier molecular flexibility index (Phi) is 13.2. The van der Waals surface area contributed by atoms with E-state index < -0.39 is 29.7 Å². The summed E-state index contributed by atoms with van der Waals surface area (Å²) in [5.41, 5.74) is 1.86. The van der Waals surface area contributed by atoms with Crippen molar-refractivity contribution in [1.29, 1.82) is 0 Å². The third-order valence-electron chi connectivity index (χ3n) is 6.05. The summed E-state index contributed by atoms with van der Waals surface area (Å²) in [6.07, 6.45) is 2.09. The van der Waals surface area contributed by atoms with Crippen LogP contribution in [0.15, 0.2) is 60.7 Å². The Morgan fingerprint density at radius 1 is 0.816 bits per heavy atom. The Morgan fingerprint density at radius 2 is 1.42 bits per heavy atom. The molecule has 8 nitrogen and oxygen atoms in total. The first-order chi connectivity index (χ1) is 18.2. The van der Waals surface area contributed by atoms with E-state index in [1.807, 2.05) is 93.5 Å². The van der Waals surface area contributed by atoms with Gasteiger partial charge in [-0.15, -0.1) is 0 Å². The summed E-state index contributed by atoms with van der Waals surface area (Å²) in [7, 11) is 3.87. The van der Waals surface area contributed by atoms with Crippen LogP contribution >= 0.6 is 0 Å². The van der Waals surface area contributed by atoms with E-state index in [9.17, 15) is 19.2 Å². The van der Waals surface area contributed by atoms with Gasteiger partial charge in [-0.2, -0.15) is 0 Å². The van der Waals surface area contributed by atoms with Gasteiger partial charge < -0.3 is 20.9 Å². The summed E-state index contributed by atoms with van der Waals surface area (Å²) in [4.78, 5) is 53.8. The molecule has 8 heteroatoms. The molecular weight excluding hydrogens is 480 g/mol. The number of rotatable bonds is 16. The summed E-state index contributed by atoms with van der Waals surface area (Å²) in [6.45, 7) is 5.07. The van der Waals surface area contributed by atoms with E-state index in [-0.39, 0.29) is 24.7 Å². The fourth-order valence-corrected chi connectivity index (χ4v) is 4.05. The molecule has 2 atom stereocenters. The normalized spacial score (nSPS) is 12.6. The van der Waals surface area contributed by atoms with E-state index in [2.05, 4.69) is 16.0 Å². The highest BCUT2D eigenvalue weighted by Crippen LogP contribution is 2.10. The second-order valence-corrected chi connectivity index (χ2v) is 10.3. The smallest absolute Gasteiger partial charge is 0.289 e. The summed E-state index contributed by atoms with van der Waals surface area (Å²) < 4.78 is 0. The number of carbonyl (C=O) groups is 4. The van der Waals surface area contributed by atoms with Gasteiger partial charge in [-0.1, -0.05) is 74.5 Å². The number of benzene rings is 2. The Balaban J connectivity index is 2.08. The summed E-state index contributed by atoms with van der Waals surface area (Å²) in [5, 5.41) is 8.27. The molecule has 0 aliphatic carbocycles. The van der Waals surface area contributed by atoms with Gasteiger partial charge in [0.1, 0.15) is 12.1 Å². The first-order valence-corrected chi connectivity index (χ1v) is 13.3. The van der Waals surface area contributed by atoms with Crippen molar-refractivity contribution in [1.82, 2.24) is 20.9 Å². The molecule has 38 heavy (non-hydrogen) atoms. The second kappa shape index (κ2) is 16.3. The Labute approximate surface area is 226 Å². The number of nitrogens with zero attached hydrogens (tertiary/aromatic N) is 1. The van der Waals surface area contributed by atoms with Crippen LogP contribution in [0, 0.1) is 5.92 Å². The molecule has 0 fully saturated rings. The van der Waals surface area contributed by atoms with Crippen molar-refractivity contribution in [2.24, 2.45) is 5.92 Å². The summed E-state index contributed by atoms with van der Waals surface area (Å²) in [5.74, 6) is -2.01. The molecule has 3 amide bonds. The summed E-state index contributed by atoms with van der Waals surface area (Å²) >= 11 is 0. The van der Waals surface area contributed by atoms with Crippen molar-refractivity contribution in [2.45, 2.75) is 58.0 Å². The molecule has 0 spiro atoms. The minimum absolute atomic E-state index is 0.128. The number of hydrogen-bond donors (Lipinski definition) is 3. The Morgan fingerprint density at radius 3 is 2.00 bits per heavy atom. The third-order valence-corrected chi connectivity index (χ3v) is 6.05. The van der Waals surface area contributed by atoms with Crippen LogP contribution in [0.4, 0.5) is 0 Å². The maximum atomic E-state index is 13.3. The molecule has 0 aromatic heterocycles. The Hall–Kier alpha value is -3.52. The monoisotopic (exact) mass is 522 g/mol. The van der Waals surface area contributed by atoms with Gasteiger partial charge in [0.05, 0.1) is 0 Å². The lowest BCUT2D eigenvalue weighted by atomic mass is 9.99. The second-order valence-electron chi connectivity index (χ2n) is 10.3. The topological polar surface area (TPSA) is 108 Å². The van der Waals surface area contributed by atoms with Crippen molar-refractivity contribution in [3.05, 3.63) is 71.8 Å². The zero-order valence-electron chi connectivity index (χ0n) is 23.0.